The van der Waals surface area contributed by atoms with Gasteiger partial charge in [-0.1, -0.05) is 15.9 Å². The third-order valence-electron chi connectivity index (χ3n) is 1.72. The van der Waals surface area contributed by atoms with Crippen LogP contribution >= 0.6 is 15.9 Å². The molecule has 0 amide bonds. The summed E-state index contributed by atoms with van der Waals surface area (Å²) in [6, 6.07) is 3.18. The normalized spacial score (nSPS) is 9.92. The first-order valence-electron chi connectivity index (χ1n) is 3.52. The molecule has 0 bridgehead atoms. The topological polar surface area (TPSA) is 37.3 Å². The highest BCUT2D eigenvalue weighted by molar-refractivity contribution is 9.10. The van der Waals surface area contributed by atoms with E-state index in [-0.39, 0.29) is 11.5 Å². The number of halogens is 1. The van der Waals surface area contributed by atoms with Gasteiger partial charge in [0.25, 0.3) is 0 Å². The van der Waals surface area contributed by atoms with Crippen LogP contribution in [-0.2, 0) is 0 Å². The Morgan fingerprint density at radius 3 is 2.50 bits per heavy atom. The number of benzene rings is 1. The lowest BCUT2D eigenvalue weighted by atomic mass is 10.1. The molecule has 1 aromatic rings. The van der Waals surface area contributed by atoms with E-state index in [9.17, 15) is 9.90 Å². The van der Waals surface area contributed by atoms with Crippen molar-refractivity contribution in [1.82, 2.24) is 0 Å². The van der Waals surface area contributed by atoms with Crippen LogP contribution in [-0.4, -0.2) is 10.9 Å². The average Bonchev–Trinajstić information content (AvgIpc) is 1.99. The van der Waals surface area contributed by atoms with Crippen molar-refractivity contribution in [1.29, 1.82) is 0 Å². The molecular weight excluding hydrogens is 220 g/mol. The minimum atomic E-state index is -0.0500. The molecule has 2 nitrogen and oxygen atoms in total. The van der Waals surface area contributed by atoms with Gasteiger partial charge in [-0.05, 0) is 26.0 Å². The highest BCUT2D eigenvalue weighted by Gasteiger charge is 2.06. The highest BCUT2D eigenvalue weighted by Crippen LogP contribution is 2.26. The van der Waals surface area contributed by atoms with Gasteiger partial charge in [-0.25, -0.2) is 0 Å². The van der Waals surface area contributed by atoms with Crippen LogP contribution in [0.4, 0.5) is 0 Å². The van der Waals surface area contributed by atoms with Gasteiger partial charge in [0, 0.05) is 15.6 Å². The van der Waals surface area contributed by atoms with Gasteiger partial charge >= 0.3 is 0 Å². The summed E-state index contributed by atoms with van der Waals surface area (Å²) in [6.45, 7) is 3.25. The van der Waals surface area contributed by atoms with E-state index in [1.54, 1.807) is 13.0 Å². The monoisotopic (exact) mass is 228 g/mol. The van der Waals surface area contributed by atoms with E-state index in [1.807, 2.05) is 0 Å². The molecule has 0 saturated heterocycles. The average molecular weight is 229 g/mol. The molecular formula is C9H9BrO2. The number of ketones is 1. The summed E-state index contributed by atoms with van der Waals surface area (Å²) in [4.78, 5) is 10.9. The van der Waals surface area contributed by atoms with Gasteiger partial charge in [-0.15, -0.1) is 0 Å². The second-order valence-corrected chi connectivity index (χ2v) is 3.51. The standard InChI is InChI=1S/C9H9BrO2/c1-5-8(10)3-7(6(2)11)4-9(5)12/h3-4,12H,1-2H3. The number of Topliss-reactive ketones (excluding diaryl/α,β-unsaturated/α-hetero) is 1. The van der Waals surface area contributed by atoms with E-state index in [0.29, 0.717) is 5.56 Å². The summed E-state index contributed by atoms with van der Waals surface area (Å²) < 4.78 is 0.757. The Morgan fingerprint density at radius 1 is 1.50 bits per heavy atom. The smallest absolute Gasteiger partial charge is 0.159 e. The second-order valence-electron chi connectivity index (χ2n) is 2.66. The van der Waals surface area contributed by atoms with E-state index in [0.717, 1.165) is 10.0 Å². The number of hydrogen-bond donors (Lipinski definition) is 1. The van der Waals surface area contributed by atoms with Gasteiger partial charge in [0.1, 0.15) is 5.75 Å². The molecule has 1 aromatic carbocycles. The van der Waals surface area contributed by atoms with Crippen molar-refractivity contribution in [3.8, 4) is 5.75 Å². The fraction of sp³-hybridized carbons (Fsp3) is 0.222. The number of rotatable bonds is 1. The molecule has 1 rings (SSSR count). The second kappa shape index (κ2) is 3.27. The summed E-state index contributed by atoms with van der Waals surface area (Å²) in [5.41, 5.74) is 1.27. The van der Waals surface area contributed by atoms with Crippen molar-refractivity contribution < 1.29 is 9.90 Å². The SMILES string of the molecule is CC(=O)c1cc(O)c(C)c(Br)c1. The summed E-state index contributed by atoms with van der Waals surface area (Å²) in [5.74, 6) is 0.0978. The van der Waals surface area contributed by atoms with E-state index >= 15 is 0 Å². The van der Waals surface area contributed by atoms with Crippen molar-refractivity contribution in [2.45, 2.75) is 13.8 Å². The van der Waals surface area contributed by atoms with Crippen molar-refractivity contribution >= 4 is 21.7 Å². The van der Waals surface area contributed by atoms with Crippen molar-refractivity contribution in [3.63, 3.8) is 0 Å². The molecule has 0 spiro atoms. The molecule has 0 unspecified atom stereocenters. The highest BCUT2D eigenvalue weighted by atomic mass is 79.9. The van der Waals surface area contributed by atoms with Crippen LogP contribution in [0.2, 0.25) is 0 Å². The molecule has 64 valence electrons. The zero-order chi connectivity index (χ0) is 9.30. The number of phenols is 1. The first-order chi connectivity index (χ1) is 5.52. The minimum Gasteiger partial charge on any atom is -0.508 e. The summed E-state index contributed by atoms with van der Waals surface area (Å²) in [5, 5.41) is 9.35. The lowest BCUT2D eigenvalue weighted by molar-refractivity contribution is 0.101. The number of carbonyl (C=O) groups excluding carboxylic acids is 1. The molecule has 0 atom stereocenters. The lowest BCUT2D eigenvalue weighted by Crippen LogP contribution is -1.92. The van der Waals surface area contributed by atoms with E-state index in [1.165, 1.54) is 13.0 Å². The van der Waals surface area contributed by atoms with Gasteiger partial charge in [-0.3, -0.25) is 4.79 Å². The quantitative estimate of drug-likeness (QED) is 0.751. The third-order valence-corrected chi connectivity index (χ3v) is 2.55. The van der Waals surface area contributed by atoms with Crippen LogP contribution in [0.25, 0.3) is 0 Å². The number of carbonyl (C=O) groups is 1. The van der Waals surface area contributed by atoms with E-state index in [4.69, 9.17) is 0 Å². The summed E-state index contributed by atoms with van der Waals surface area (Å²) in [7, 11) is 0. The van der Waals surface area contributed by atoms with Gasteiger partial charge in [0.05, 0.1) is 0 Å². The summed E-state index contributed by atoms with van der Waals surface area (Å²) in [6.07, 6.45) is 0. The molecule has 0 radical (unpaired) electrons. The van der Waals surface area contributed by atoms with Crippen LogP contribution in [0, 0.1) is 6.92 Å². The fourth-order valence-electron chi connectivity index (χ4n) is 0.868. The van der Waals surface area contributed by atoms with Crippen LogP contribution < -0.4 is 0 Å². The number of phenolic OH excluding ortho intramolecular Hbond substituents is 1. The Hall–Kier alpha value is -0.830. The maximum absolute atomic E-state index is 10.9. The molecule has 0 fully saturated rings. The van der Waals surface area contributed by atoms with Crippen LogP contribution in [0.1, 0.15) is 22.8 Å². The maximum Gasteiger partial charge on any atom is 0.159 e. The molecule has 3 heteroatoms. The molecule has 12 heavy (non-hydrogen) atoms. The largest absolute Gasteiger partial charge is 0.508 e. The van der Waals surface area contributed by atoms with Gasteiger partial charge < -0.3 is 5.11 Å². The summed E-state index contributed by atoms with van der Waals surface area (Å²) >= 11 is 3.25. The van der Waals surface area contributed by atoms with Crippen molar-refractivity contribution in [2.24, 2.45) is 0 Å². The maximum atomic E-state index is 10.9. The first-order valence-corrected chi connectivity index (χ1v) is 4.31. The first kappa shape index (κ1) is 9.26. The predicted octanol–water partition coefficient (Wildman–Crippen LogP) is 2.67. The van der Waals surface area contributed by atoms with Crippen molar-refractivity contribution in [2.75, 3.05) is 0 Å². The Balaban J connectivity index is 3.31. The number of hydrogen-bond acceptors (Lipinski definition) is 2. The third kappa shape index (κ3) is 1.67. The Labute approximate surface area is 79.3 Å². The zero-order valence-electron chi connectivity index (χ0n) is 6.89. The van der Waals surface area contributed by atoms with Gasteiger partial charge in [-0.2, -0.15) is 0 Å². The minimum absolute atomic E-state index is 0.0500. The van der Waals surface area contributed by atoms with Gasteiger partial charge in [0.2, 0.25) is 0 Å². The fourth-order valence-corrected chi connectivity index (χ4v) is 1.32. The molecule has 0 aliphatic rings. The van der Waals surface area contributed by atoms with Gasteiger partial charge in [0.15, 0.2) is 5.78 Å². The molecule has 0 heterocycles. The van der Waals surface area contributed by atoms with Crippen LogP contribution in [0.15, 0.2) is 16.6 Å². The van der Waals surface area contributed by atoms with Crippen molar-refractivity contribution in [3.05, 3.63) is 27.7 Å². The molecule has 0 saturated carbocycles. The molecule has 1 N–H and O–H groups in total. The van der Waals surface area contributed by atoms with E-state index in [2.05, 4.69) is 15.9 Å². The van der Waals surface area contributed by atoms with Crippen LogP contribution in [0.5, 0.6) is 5.75 Å². The van der Waals surface area contributed by atoms with Crippen LogP contribution in [0.3, 0.4) is 0 Å². The lowest BCUT2D eigenvalue weighted by Gasteiger charge is -2.03. The molecule has 0 aliphatic carbocycles. The number of aromatic hydroxyl groups is 1. The predicted molar refractivity (Wildman–Crippen MR) is 50.5 cm³/mol. The zero-order valence-corrected chi connectivity index (χ0v) is 8.47. The Bertz CT molecular complexity index is 308. The molecule has 0 aromatic heterocycles. The Morgan fingerprint density at radius 2 is 2.08 bits per heavy atom. The van der Waals surface area contributed by atoms with E-state index < -0.39 is 0 Å². The Kier molecular flexibility index (Phi) is 2.52. The molecule has 0 aliphatic heterocycles.